The van der Waals surface area contributed by atoms with E-state index < -0.39 is 0 Å². The third-order valence-electron chi connectivity index (χ3n) is 2.25. The van der Waals surface area contributed by atoms with Gasteiger partial charge in [-0.2, -0.15) is 12.6 Å². The molecule has 0 amide bonds. The molecule has 0 N–H and O–H groups in total. The lowest BCUT2D eigenvalue weighted by Gasteiger charge is -1.98. The van der Waals surface area contributed by atoms with Gasteiger partial charge in [0, 0.05) is 5.75 Å². The molecule has 0 fully saturated rings. The standard InChI is InChI=1S/C12H24S/c1-2-3-4-5-6-7-8-9-10-11-12-13/h10-11,13H,2-9,12H2,1H3/b11-10-. The van der Waals surface area contributed by atoms with Gasteiger partial charge in [0.05, 0.1) is 0 Å². The van der Waals surface area contributed by atoms with Crippen molar-refractivity contribution in [1.29, 1.82) is 0 Å². The summed E-state index contributed by atoms with van der Waals surface area (Å²) in [6.07, 6.45) is 15.5. The molecule has 0 spiro atoms. The van der Waals surface area contributed by atoms with E-state index in [4.69, 9.17) is 0 Å². The zero-order valence-electron chi connectivity index (χ0n) is 8.97. The SMILES string of the molecule is CCCCCCCCC/C=C\CS. The summed E-state index contributed by atoms with van der Waals surface area (Å²) in [5.74, 6) is 0.885. The second-order valence-electron chi connectivity index (χ2n) is 3.56. The molecule has 0 aliphatic rings. The van der Waals surface area contributed by atoms with Crippen LogP contribution in [0.5, 0.6) is 0 Å². The average molecular weight is 200 g/mol. The van der Waals surface area contributed by atoms with Crippen LogP contribution in [0.25, 0.3) is 0 Å². The lowest BCUT2D eigenvalue weighted by atomic mass is 10.1. The Morgan fingerprint density at radius 2 is 1.46 bits per heavy atom. The van der Waals surface area contributed by atoms with Crippen molar-refractivity contribution in [1.82, 2.24) is 0 Å². The van der Waals surface area contributed by atoms with Gasteiger partial charge in [-0.15, -0.1) is 0 Å². The molecule has 0 unspecified atom stereocenters. The Hall–Kier alpha value is 0.0900. The molecule has 0 radical (unpaired) electrons. The van der Waals surface area contributed by atoms with Gasteiger partial charge in [-0.05, 0) is 12.8 Å². The number of rotatable bonds is 9. The van der Waals surface area contributed by atoms with E-state index in [1.54, 1.807) is 0 Å². The molecule has 0 bridgehead atoms. The summed E-state index contributed by atoms with van der Waals surface area (Å²) in [7, 11) is 0. The van der Waals surface area contributed by atoms with Gasteiger partial charge in [-0.3, -0.25) is 0 Å². The fourth-order valence-electron chi connectivity index (χ4n) is 1.41. The number of unbranched alkanes of at least 4 members (excludes halogenated alkanes) is 7. The van der Waals surface area contributed by atoms with E-state index in [2.05, 4.69) is 31.7 Å². The van der Waals surface area contributed by atoms with Crippen LogP contribution in [0.1, 0.15) is 58.3 Å². The third-order valence-corrected chi connectivity index (χ3v) is 2.46. The number of hydrogen-bond acceptors (Lipinski definition) is 1. The molecule has 13 heavy (non-hydrogen) atoms. The average Bonchev–Trinajstić information content (AvgIpc) is 2.16. The fraction of sp³-hybridized carbons (Fsp3) is 0.833. The lowest BCUT2D eigenvalue weighted by molar-refractivity contribution is 0.592. The molecule has 1 heteroatoms. The third kappa shape index (κ3) is 12.1. The molecular weight excluding hydrogens is 176 g/mol. The van der Waals surface area contributed by atoms with Crippen LogP contribution in [0, 0.1) is 0 Å². The lowest BCUT2D eigenvalue weighted by Crippen LogP contribution is -1.78. The zero-order chi connectivity index (χ0) is 9.78. The summed E-state index contributed by atoms with van der Waals surface area (Å²) < 4.78 is 0. The smallest absolute Gasteiger partial charge is 0.00825 e. The molecule has 0 aliphatic heterocycles. The highest BCUT2D eigenvalue weighted by Crippen LogP contribution is 2.08. The van der Waals surface area contributed by atoms with Gasteiger partial charge in [0.2, 0.25) is 0 Å². The normalized spacial score (nSPS) is 11.2. The van der Waals surface area contributed by atoms with E-state index >= 15 is 0 Å². The molecule has 0 atom stereocenters. The summed E-state index contributed by atoms with van der Waals surface area (Å²) in [6, 6.07) is 0. The minimum Gasteiger partial charge on any atom is -0.175 e. The van der Waals surface area contributed by atoms with Crippen LogP contribution in [0.4, 0.5) is 0 Å². The Labute approximate surface area is 89.2 Å². The second kappa shape index (κ2) is 12.1. The quantitative estimate of drug-likeness (QED) is 0.313. The predicted molar refractivity (Wildman–Crippen MR) is 65.6 cm³/mol. The first-order chi connectivity index (χ1) is 6.41. The molecule has 0 nitrogen and oxygen atoms in total. The first-order valence-corrected chi connectivity index (χ1v) is 6.31. The van der Waals surface area contributed by atoms with E-state index in [-0.39, 0.29) is 0 Å². The minimum atomic E-state index is 0.885. The summed E-state index contributed by atoms with van der Waals surface area (Å²) in [5, 5.41) is 0. The van der Waals surface area contributed by atoms with Crippen LogP contribution < -0.4 is 0 Å². The maximum absolute atomic E-state index is 4.12. The van der Waals surface area contributed by atoms with Gasteiger partial charge in [0.1, 0.15) is 0 Å². The van der Waals surface area contributed by atoms with Crippen LogP contribution >= 0.6 is 12.6 Å². The summed E-state index contributed by atoms with van der Waals surface area (Å²) >= 11 is 4.12. The maximum Gasteiger partial charge on any atom is 0.00825 e. The van der Waals surface area contributed by atoms with E-state index in [0.717, 1.165) is 5.75 Å². The molecule has 0 rings (SSSR count). The highest BCUT2D eigenvalue weighted by molar-refractivity contribution is 7.80. The van der Waals surface area contributed by atoms with Crippen molar-refractivity contribution >= 4 is 12.6 Å². The topological polar surface area (TPSA) is 0 Å². The number of allylic oxidation sites excluding steroid dienone is 1. The predicted octanol–water partition coefficient (Wildman–Crippen LogP) is 4.61. The Bertz CT molecular complexity index is 108. The molecular formula is C12H24S. The molecule has 0 aromatic heterocycles. The van der Waals surface area contributed by atoms with Crippen molar-refractivity contribution in [2.75, 3.05) is 5.75 Å². The second-order valence-corrected chi connectivity index (χ2v) is 3.93. The first kappa shape index (κ1) is 13.1. The molecule has 0 aromatic carbocycles. The first-order valence-electron chi connectivity index (χ1n) is 5.67. The highest BCUT2D eigenvalue weighted by atomic mass is 32.1. The van der Waals surface area contributed by atoms with Gasteiger partial charge in [0.15, 0.2) is 0 Å². The van der Waals surface area contributed by atoms with Crippen molar-refractivity contribution < 1.29 is 0 Å². The van der Waals surface area contributed by atoms with Crippen molar-refractivity contribution in [2.24, 2.45) is 0 Å². The molecule has 0 heterocycles. The summed E-state index contributed by atoms with van der Waals surface area (Å²) in [5.41, 5.74) is 0. The largest absolute Gasteiger partial charge is 0.175 e. The van der Waals surface area contributed by atoms with Gasteiger partial charge in [0.25, 0.3) is 0 Å². The summed E-state index contributed by atoms with van der Waals surface area (Å²) in [6.45, 7) is 2.27. The molecule has 0 saturated carbocycles. The maximum atomic E-state index is 4.12. The Morgan fingerprint density at radius 1 is 0.846 bits per heavy atom. The van der Waals surface area contributed by atoms with E-state index in [1.807, 2.05) is 0 Å². The van der Waals surface area contributed by atoms with E-state index in [9.17, 15) is 0 Å². The van der Waals surface area contributed by atoms with Gasteiger partial charge < -0.3 is 0 Å². The number of hydrogen-bond donors (Lipinski definition) is 1. The van der Waals surface area contributed by atoms with Crippen LogP contribution in [-0.2, 0) is 0 Å². The van der Waals surface area contributed by atoms with E-state index in [0.29, 0.717) is 0 Å². The van der Waals surface area contributed by atoms with Crippen LogP contribution in [0.15, 0.2) is 12.2 Å². The zero-order valence-corrected chi connectivity index (χ0v) is 9.86. The molecule has 0 aromatic rings. The molecule has 78 valence electrons. The van der Waals surface area contributed by atoms with Crippen LogP contribution in [0.3, 0.4) is 0 Å². The van der Waals surface area contributed by atoms with Gasteiger partial charge >= 0.3 is 0 Å². The fourth-order valence-corrected chi connectivity index (χ4v) is 1.56. The van der Waals surface area contributed by atoms with E-state index in [1.165, 1.54) is 51.4 Å². The Morgan fingerprint density at radius 3 is 2.08 bits per heavy atom. The monoisotopic (exact) mass is 200 g/mol. The highest BCUT2D eigenvalue weighted by Gasteiger charge is 1.88. The van der Waals surface area contributed by atoms with Crippen molar-refractivity contribution in [3.8, 4) is 0 Å². The number of thiol groups is 1. The van der Waals surface area contributed by atoms with Crippen molar-refractivity contribution in [2.45, 2.75) is 58.3 Å². The Balaban J connectivity index is 2.87. The van der Waals surface area contributed by atoms with Crippen LogP contribution in [0.2, 0.25) is 0 Å². The van der Waals surface area contributed by atoms with Gasteiger partial charge in [-0.1, -0.05) is 57.6 Å². The molecule has 0 saturated heterocycles. The summed E-state index contributed by atoms with van der Waals surface area (Å²) in [4.78, 5) is 0. The van der Waals surface area contributed by atoms with Crippen molar-refractivity contribution in [3.05, 3.63) is 12.2 Å². The van der Waals surface area contributed by atoms with Crippen LogP contribution in [-0.4, -0.2) is 5.75 Å². The van der Waals surface area contributed by atoms with Gasteiger partial charge in [-0.25, -0.2) is 0 Å². The molecule has 0 aliphatic carbocycles. The van der Waals surface area contributed by atoms with Crippen molar-refractivity contribution in [3.63, 3.8) is 0 Å². The Kier molecular flexibility index (Phi) is 12.2. The minimum absolute atomic E-state index is 0.885.